The zero-order valence-corrected chi connectivity index (χ0v) is 11.8. The largest absolute Gasteiger partial charge is 0.431 e. The first-order valence-electron chi connectivity index (χ1n) is 5.76. The molecule has 0 saturated heterocycles. The van der Waals surface area contributed by atoms with Crippen molar-refractivity contribution < 1.29 is 27.4 Å². The van der Waals surface area contributed by atoms with E-state index in [4.69, 9.17) is 4.52 Å². The van der Waals surface area contributed by atoms with Gasteiger partial charge in [-0.15, -0.1) is 0 Å². The van der Waals surface area contributed by atoms with Gasteiger partial charge in [-0.3, -0.25) is 4.57 Å². The lowest BCUT2D eigenvalue weighted by Crippen LogP contribution is -2.42. The maximum absolute atomic E-state index is 13.4. The van der Waals surface area contributed by atoms with Crippen molar-refractivity contribution in [3.63, 3.8) is 0 Å². The van der Waals surface area contributed by atoms with E-state index in [0.717, 1.165) is 12.1 Å². The molecule has 3 nitrogen and oxygen atoms in total. The molecule has 2 atom stereocenters. The van der Waals surface area contributed by atoms with Crippen LogP contribution < -0.4 is 0 Å². The minimum atomic E-state index is -5.19. The molecule has 0 fully saturated rings. The van der Waals surface area contributed by atoms with E-state index in [-0.39, 0.29) is 6.61 Å². The molecule has 1 aromatic rings. The fourth-order valence-electron chi connectivity index (χ4n) is 1.71. The highest BCUT2D eigenvalue weighted by molar-refractivity contribution is 7.65. The monoisotopic (exact) mass is 306 g/mol. The predicted molar refractivity (Wildman–Crippen MR) is 69.1 cm³/mol. The molecular formula is C13H14F3O3P. The molecule has 0 aromatic heterocycles. The predicted octanol–water partition coefficient (Wildman–Crippen LogP) is 3.69. The van der Waals surface area contributed by atoms with Crippen LogP contribution in [0.5, 0.6) is 0 Å². The van der Waals surface area contributed by atoms with E-state index < -0.39 is 24.5 Å². The molecule has 0 radical (unpaired) electrons. The van der Waals surface area contributed by atoms with Crippen LogP contribution in [0.4, 0.5) is 13.2 Å². The van der Waals surface area contributed by atoms with Gasteiger partial charge in [-0.05, 0) is 19.5 Å². The van der Waals surface area contributed by atoms with Crippen LogP contribution in [0.1, 0.15) is 19.4 Å². The zero-order valence-electron chi connectivity index (χ0n) is 10.9. The Labute approximate surface area is 115 Å². The summed E-state index contributed by atoms with van der Waals surface area (Å²) in [7, 11) is -4.72. The van der Waals surface area contributed by atoms with Gasteiger partial charge in [0.2, 0.25) is 0 Å². The Morgan fingerprint density at radius 1 is 1.30 bits per heavy atom. The van der Waals surface area contributed by atoms with Gasteiger partial charge in [0.25, 0.3) is 5.34 Å². The highest BCUT2D eigenvalue weighted by atomic mass is 31.2. The van der Waals surface area contributed by atoms with E-state index in [1.807, 2.05) is 5.66 Å². The minimum absolute atomic E-state index is 0.267. The maximum Gasteiger partial charge on any atom is 0.431 e. The molecule has 0 unspecified atom stereocenters. The second kappa shape index (κ2) is 6.01. The number of alkyl halides is 3. The van der Waals surface area contributed by atoms with Crippen LogP contribution in [-0.2, 0) is 14.4 Å². The second-order valence-corrected chi connectivity index (χ2v) is 6.10. The molecule has 0 saturated carbocycles. The molecule has 7 heteroatoms. The van der Waals surface area contributed by atoms with Gasteiger partial charge >= 0.3 is 13.5 Å². The topological polar surface area (TPSA) is 46.5 Å². The molecule has 1 aromatic carbocycles. The van der Waals surface area contributed by atoms with Crippen molar-refractivity contribution in [1.82, 2.24) is 0 Å². The quantitative estimate of drug-likeness (QED) is 0.681. The van der Waals surface area contributed by atoms with Crippen LogP contribution in [0.3, 0.4) is 0 Å². The Hall–Kier alpha value is -1.28. The van der Waals surface area contributed by atoms with Gasteiger partial charge in [0.1, 0.15) is 0 Å². The third-order valence-corrected chi connectivity index (χ3v) is 5.07. The average Bonchev–Trinajstić information content (AvgIpc) is 2.38. The lowest BCUT2D eigenvalue weighted by molar-refractivity contribution is -0.232. The Kier molecular flexibility index (Phi) is 5.04. The number of hydrogen-bond donors (Lipinski definition) is 1. The van der Waals surface area contributed by atoms with Crippen LogP contribution in [0.2, 0.25) is 0 Å². The van der Waals surface area contributed by atoms with Crippen molar-refractivity contribution in [2.24, 2.45) is 0 Å². The lowest BCUT2D eigenvalue weighted by Gasteiger charge is -2.34. The summed E-state index contributed by atoms with van der Waals surface area (Å²) < 4.78 is 57.3. The maximum atomic E-state index is 13.4. The molecule has 0 amide bonds. The first-order valence-corrected chi connectivity index (χ1v) is 7.38. The van der Waals surface area contributed by atoms with Crippen molar-refractivity contribution in [3.05, 3.63) is 35.9 Å². The summed E-state index contributed by atoms with van der Waals surface area (Å²) in [5, 5.41) is 6.53. The number of benzene rings is 1. The van der Waals surface area contributed by atoms with Crippen LogP contribution in [0, 0.1) is 11.6 Å². The molecule has 0 aliphatic carbocycles. The Balaban J connectivity index is 3.61. The fourth-order valence-corrected chi connectivity index (χ4v) is 3.60. The second-order valence-electron chi connectivity index (χ2n) is 3.87. The van der Waals surface area contributed by atoms with Crippen LogP contribution in [0.15, 0.2) is 30.3 Å². The summed E-state index contributed by atoms with van der Waals surface area (Å²) in [5.41, 5.74) is 1.36. The van der Waals surface area contributed by atoms with Crippen molar-refractivity contribution in [3.8, 4) is 11.6 Å². The van der Waals surface area contributed by atoms with Gasteiger partial charge < -0.3 is 9.63 Å². The Bertz CT molecular complexity index is 560. The molecular weight excluding hydrogens is 292 g/mol. The van der Waals surface area contributed by atoms with E-state index >= 15 is 0 Å². The van der Waals surface area contributed by atoms with Gasteiger partial charge in [-0.2, -0.15) is 13.2 Å². The SMILES string of the molecule is CC#C[P@@](=O)(OCC)[C@@](O)(c1ccccc1)C(F)(F)F. The molecule has 0 heterocycles. The van der Waals surface area contributed by atoms with Gasteiger partial charge in [0.05, 0.1) is 6.61 Å². The number of hydrogen-bond acceptors (Lipinski definition) is 3. The molecule has 0 spiro atoms. The normalized spacial score (nSPS) is 17.5. The van der Waals surface area contributed by atoms with E-state index in [1.165, 1.54) is 32.0 Å². The van der Waals surface area contributed by atoms with Gasteiger partial charge in [-0.25, -0.2) is 0 Å². The summed E-state index contributed by atoms with van der Waals surface area (Å²) >= 11 is 0. The van der Waals surface area contributed by atoms with E-state index in [9.17, 15) is 22.8 Å². The molecule has 0 aliphatic heterocycles. The van der Waals surface area contributed by atoms with E-state index in [1.54, 1.807) is 0 Å². The average molecular weight is 306 g/mol. The van der Waals surface area contributed by atoms with Gasteiger partial charge in [0.15, 0.2) is 0 Å². The van der Waals surface area contributed by atoms with Crippen molar-refractivity contribution in [2.75, 3.05) is 6.61 Å². The Morgan fingerprint density at radius 3 is 2.25 bits per heavy atom. The summed E-state index contributed by atoms with van der Waals surface area (Å²) in [6, 6.07) is 6.17. The van der Waals surface area contributed by atoms with Crippen LogP contribution >= 0.6 is 7.37 Å². The molecule has 0 aliphatic rings. The van der Waals surface area contributed by atoms with Gasteiger partial charge in [-0.1, -0.05) is 36.3 Å². The number of aliphatic hydroxyl groups is 1. The first kappa shape index (κ1) is 16.8. The minimum Gasteiger partial charge on any atom is -0.367 e. The third kappa shape index (κ3) is 2.76. The van der Waals surface area contributed by atoms with Crippen LogP contribution in [-0.4, -0.2) is 17.9 Å². The van der Waals surface area contributed by atoms with Gasteiger partial charge in [0, 0.05) is 5.56 Å². The smallest absolute Gasteiger partial charge is 0.367 e. The molecule has 20 heavy (non-hydrogen) atoms. The summed E-state index contributed by atoms with van der Waals surface area (Å²) in [6.45, 7) is 2.34. The highest BCUT2D eigenvalue weighted by Gasteiger charge is 2.67. The molecule has 0 bridgehead atoms. The summed E-state index contributed by atoms with van der Waals surface area (Å²) in [4.78, 5) is 0. The van der Waals surface area contributed by atoms with Crippen molar-refractivity contribution in [1.29, 1.82) is 0 Å². The van der Waals surface area contributed by atoms with Crippen LogP contribution in [0.25, 0.3) is 0 Å². The standard InChI is InChI=1S/C13H14F3O3P/c1-3-10-20(18,19-4-2)12(17,13(14,15)16)11-8-6-5-7-9-11/h5-9,17H,4H2,1-2H3/t12-,20+/m0/s1. The van der Waals surface area contributed by atoms with Crippen molar-refractivity contribution >= 4 is 7.37 Å². The van der Waals surface area contributed by atoms with E-state index in [2.05, 4.69) is 5.92 Å². The summed E-state index contributed by atoms with van der Waals surface area (Å²) in [6.07, 6.45) is -5.19. The highest BCUT2D eigenvalue weighted by Crippen LogP contribution is 2.67. The van der Waals surface area contributed by atoms with Crippen molar-refractivity contribution in [2.45, 2.75) is 25.4 Å². The Morgan fingerprint density at radius 2 is 1.85 bits per heavy atom. The molecule has 1 N–H and O–H groups in total. The molecule has 110 valence electrons. The third-order valence-electron chi connectivity index (χ3n) is 2.57. The van der Waals surface area contributed by atoms with E-state index in [0.29, 0.717) is 0 Å². The summed E-state index contributed by atoms with van der Waals surface area (Å²) in [5.74, 6) is 2.14. The zero-order chi connectivity index (χ0) is 15.4. The number of rotatable bonds is 4. The first-order chi connectivity index (χ1) is 9.23. The lowest BCUT2D eigenvalue weighted by atomic mass is 10.1. The number of halogens is 3. The molecule has 1 rings (SSSR count). The fraction of sp³-hybridized carbons (Fsp3) is 0.385.